The van der Waals surface area contributed by atoms with Crippen LogP contribution < -0.4 is 20.7 Å². The van der Waals surface area contributed by atoms with Crippen molar-refractivity contribution in [1.29, 1.82) is 0 Å². The number of nitrogens with one attached hydrogen (secondary N) is 1. The van der Waals surface area contributed by atoms with Gasteiger partial charge in [0.05, 0.1) is 26.4 Å². The molecule has 3 atom stereocenters. The summed E-state index contributed by atoms with van der Waals surface area (Å²) in [6, 6.07) is 25.6. The van der Waals surface area contributed by atoms with Gasteiger partial charge in [0, 0.05) is 23.9 Å². The van der Waals surface area contributed by atoms with Crippen molar-refractivity contribution in [2.24, 2.45) is 0 Å². The van der Waals surface area contributed by atoms with Crippen LogP contribution in [0.4, 0.5) is 0 Å². The first-order chi connectivity index (χ1) is 19.4. The summed E-state index contributed by atoms with van der Waals surface area (Å²) in [5, 5.41) is 0. The van der Waals surface area contributed by atoms with Gasteiger partial charge in [-0.2, -0.15) is 12.6 Å². The molecular weight excluding hydrogens is 528 g/mol. The van der Waals surface area contributed by atoms with Crippen molar-refractivity contribution in [1.82, 2.24) is 9.55 Å². The van der Waals surface area contributed by atoms with E-state index in [1.807, 2.05) is 78.9 Å². The molecular formula is C31H32N2O6S. The van der Waals surface area contributed by atoms with Crippen molar-refractivity contribution in [3.63, 3.8) is 0 Å². The molecule has 0 spiro atoms. The Morgan fingerprint density at radius 1 is 0.900 bits per heavy atom. The number of aromatic nitrogens is 2. The van der Waals surface area contributed by atoms with Crippen LogP contribution in [-0.4, -0.2) is 41.7 Å². The maximum atomic E-state index is 12.7. The first-order valence-corrected chi connectivity index (χ1v) is 13.6. The molecule has 3 aromatic carbocycles. The van der Waals surface area contributed by atoms with Crippen molar-refractivity contribution in [3.8, 4) is 11.5 Å². The molecule has 0 amide bonds. The molecule has 208 valence electrons. The Labute approximate surface area is 237 Å². The van der Waals surface area contributed by atoms with E-state index in [9.17, 15) is 9.59 Å². The van der Waals surface area contributed by atoms with Gasteiger partial charge in [-0.15, -0.1) is 0 Å². The molecule has 1 aromatic heterocycles. The smallest absolute Gasteiger partial charge is 0.330 e. The van der Waals surface area contributed by atoms with Crippen molar-refractivity contribution in [2.75, 3.05) is 20.0 Å². The molecule has 1 fully saturated rings. The Kier molecular flexibility index (Phi) is 8.16. The summed E-state index contributed by atoms with van der Waals surface area (Å²) in [6.07, 6.45) is 0.391. The Hall–Kier alpha value is -3.79. The zero-order valence-corrected chi connectivity index (χ0v) is 23.5. The molecule has 5 rings (SSSR count). The van der Waals surface area contributed by atoms with Crippen LogP contribution in [0.15, 0.2) is 94.6 Å². The lowest BCUT2D eigenvalue weighted by Crippen LogP contribution is -2.40. The number of ether oxygens (including phenoxy) is 4. The highest BCUT2D eigenvalue weighted by molar-refractivity contribution is 7.80. The summed E-state index contributed by atoms with van der Waals surface area (Å²) in [7, 11) is 3.26. The van der Waals surface area contributed by atoms with Gasteiger partial charge in [0.2, 0.25) is 0 Å². The minimum Gasteiger partial charge on any atom is -0.497 e. The van der Waals surface area contributed by atoms with Crippen molar-refractivity contribution < 1.29 is 18.9 Å². The van der Waals surface area contributed by atoms with Gasteiger partial charge in [0.1, 0.15) is 23.3 Å². The summed E-state index contributed by atoms with van der Waals surface area (Å²) < 4.78 is 25.8. The second kappa shape index (κ2) is 11.8. The van der Waals surface area contributed by atoms with E-state index in [2.05, 4.69) is 17.6 Å². The van der Waals surface area contributed by atoms with E-state index < -0.39 is 35.3 Å². The van der Waals surface area contributed by atoms with E-state index >= 15 is 0 Å². The molecule has 0 saturated carbocycles. The second-order valence-corrected chi connectivity index (χ2v) is 10.1. The lowest BCUT2D eigenvalue weighted by molar-refractivity contribution is -0.0778. The molecule has 0 radical (unpaired) electrons. The van der Waals surface area contributed by atoms with Crippen LogP contribution in [0.1, 0.15) is 34.9 Å². The number of nitrogens with zero attached hydrogens (tertiary/aromatic N) is 1. The van der Waals surface area contributed by atoms with Crippen LogP contribution in [-0.2, 0) is 15.1 Å². The molecule has 1 aliphatic rings. The standard InChI is InChI=1S/C31H32N2O6S/c1-20-18-33(30(35)32-29(20)34)28-17-26(27(19-40)38-28)39-31(21-7-5-4-6-8-21,22-9-13-24(36-2)14-10-22)23-11-15-25(37-3)16-12-23/h4-16,18,26-28,40H,17,19H2,1-3H3,(H,32,34,35)/t26-,27+,28+/m0/s1. The van der Waals surface area contributed by atoms with E-state index in [0.29, 0.717) is 17.7 Å². The molecule has 1 N–H and O–H groups in total. The van der Waals surface area contributed by atoms with Crippen LogP contribution >= 0.6 is 12.6 Å². The fourth-order valence-corrected chi connectivity index (χ4v) is 5.54. The van der Waals surface area contributed by atoms with E-state index in [1.165, 1.54) is 10.8 Å². The van der Waals surface area contributed by atoms with Crippen molar-refractivity contribution >= 4 is 12.6 Å². The summed E-state index contributed by atoms with van der Waals surface area (Å²) in [5.41, 5.74) is 1.13. The van der Waals surface area contributed by atoms with Gasteiger partial charge in [0.25, 0.3) is 5.56 Å². The maximum absolute atomic E-state index is 12.7. The molecule has 40 heavy (non-hydrogen) atoms. The van der Waals surface area contributed by atoms with Gasteiger partial charge in [-0.1, -0.05) is 54.6 Å². The summed E-state index contributed by atoms with van der Waals surface area (Å²) in [4.78, 5) is 27.0. The highest BCUT2D eigenvalue weighted by atomic mass is 32.1. The molecule has 2 heterocycles. The van der Waals surface area contributed by atoms with Gasteiger partial charge >= 0.3 is 5.69 Å². The summed E-state index contributed by atoms with van der Waals surface area (Å²) in [5.74, 6) is 1.82. The lowest BCUT2D eigenvalue weighted by Gasteiger charge is -2.39. The number of hydrogen-bond donors (Lipinski definition) is 2. The molecule has 1 saturated heterocycles. The van der Waals surface area contributed by atoms with Crippen LogP contribution in [0.5, 0.6) is 11.5 Å². The topological polar surface area (TPSA) is 91.8 Å². The van der Waals surface area contributed by atoms with Gasteiger partial charge in [-0.25, -0.2) is 4.79 Å². The Bertz CT molecular complexity index is 1500. The fraction of sp³-hybridized carbons (Fsp3) is 0.290. The summed E-state index contributed by atoms with van der Waals surface area (Å²) in [6.45, 7) is 1.65. The molecule has 0 aliphatic carbocycles. The molecule has 9 heteroatoms. The SMILES string of the molecule is COc1ccc(C(O[C@H]2C[C@H](n3cc(C)c(=O)[nH]c3=O)O[C@@H]2CS)(c2ccccc2)c2ccc(OC)cc2)cc1. The first-order valence-electron chi connectivity index (χ1n) is 13.0. The Morgan fingerprint density at radius 3 is 1.98 bits per heavy atom. The molecule has 0 unspecified atom stereocenters. The summed E-state index contributed by atoms with van der Waals surface area (Å²) >= 11 is 4.57. The number of benzene rings is 3. The number of H-pyrrole nitrogens is 1. The molecule has 1 aliphatic heterocycles. The Morgan fingerprint density at radius 2 is 1.45 bits per heavy atom. The highest BCUT2D eigenvalue weighted by Crippen LogP contribution is 2.45. The number of rotatable bonds is 9. The predicted molar refractivity (Wildman–Crippen MR) is 156 cm³/mol. The van der Waals surface area contributed by atoms with Crippen LogP contribution in [0.3, 0.4) is 0 Å². The van der Waals surface area contributed by atoms with Gasteiger partial charge in [-0.3, -0.25) is 14.3 Å². The van der Waals surface area contributed by atoms with Crippen LogP contribution in [0.25, 0.3) is 0 Å². The van der Waals surface area contributed by atoms with Crippen LogP contribution in [0.2, 0.25) is 0 Å². The third kappa shape index (κ3) is 5.20. The maximum Gasteiger partial charge on any atom is 0.330 e. The zero-order valence-electron chi connectivity index (χ0n) is 22.6. The normalized spacial score (nSPS) is 18.9. The largest absolute Gasteiger partial charge is 0.497 e. The number of hydrogen-bond acceptors (Lipinski definition) is 7. The first kappa shape index (κ1) is 27.8. The lowest BCUT2D eigenvalue weighted by atomic mass is 9.79. The average Bonchev–Trinajstić information content (AvgIpc) is 3.40. The monoisotopic (exact) mass is 560 g/mol. The predicted octanol–water partition coefficient (Wildman–Crippen LogP) is 4.46. The molecule has 8 nitrogen and oxygen atoms in total. The van der Waals surface area contributed by atoms with Gasteiger partial charge < -0.3 is 18.9 Å². The quantitative estimate of drug-likeness (QED) is 0.232. The van der Waals surface area contributed by atoms with E-state index in [0.717, 1.165) is 28.2 Å². The fourth-order valence-electron chi connectivity index (χ4n) is 5.21. The molecule has 0 bridgehead atoms. The third-order valence-electron chi connectivity index (χ3n) is 7.32. The second-order valence-electron chi connectivity index (χ2n) is 9.69. The van der Waals surface area contributed by atoms with E-state index in [-0.39, 0.29) is 0 Å². The Balaban J connectivity index is 1.65. The van der Waals surface area contributed by atoms with Crippen molar-refractivity contribution in [3.05, 3.63) is 128 Å². The van der Waals surface area contributed by atoms with Gasteiger partial charge in [-0.05, 0) is 47.9 Å². The zero-order chi connectivity index (χ0) is 28.3. The minimum absolute atomic E-state index is 0.369. The average molecular weight is 561 g/mol. The number of thiol groups is 1. The van der Waals surface area contributed by atoms with Gasteiger partial charge in [0.15, 0.2) is 0 Å². The van der Waals surface area contributed by atoms with E-state index in [1.54, 1.807) is 21.1 Å². The number of methoxy groups -OCH3 is 2. The number of aromatic amines is 1. The third-order valence-corrected chi connectivity index (χ3v) is 7.68. The van der Waals surface area contributed by atoms with Crippen molar-refractivity contribution in [2.45, 2.75) is 37.4 Å². The highest BCUT2D eigenvalue weighted by Gasteiger charge is 2.46. The van der Waals surface area contributed by atoms with E-state index in [4.69, 9.17) is 18.9 Å². The number of aryl methyl sites for hydroxylation is 1. The van der Waals surface area contributed by atoms with Crippen LogP contribution in [0, 0.1) is 6.92 Å². The minimum atomic E-state index is -1.05. The molecule has 4 aromatic rings.